The highest BCUT2D eigenvalue weighted by Crippen LogP contribution is 2.32. The van der Waals surface area contributed by atoms with Crippen molar-refractivity contribution in [3.05, 3.63) is 29.0 Å². The summed E-state index contributed by atoms with van der Waals surface area (Å²) in [4.78, 5) is 8.01. The van der Waals surface area contributed by atoms with Gasteiger partial charge in [0, 0.05) is 10.5 Å². The molecule has 3 N–H and O–H groups in total. The van der Waals surface area contributed by atoms with Crippen LogP contribution in [-0.2, 0) is 0 Å². The molecule has 100 valence electrons. The number of benzene rings is 1. The molecule has 0 radical (unpaired) electrons. The van der Waals surface area contributed by atoms with Crippen molar-refractivity contribution < 1.29 is 9.47 Å². The van der Waals surface area contributed by atoms with Crippen molar-refractivity contribution in [1.82, 2.24) is 9.97 Å². The minimum Gasteiger partial charge on any atom is -0.497 e. The number of nitrogen functional groups attached to an aromatic ring is 1. The van der Waals surface area contributed by atoms with E-state index < -0.39 is 0 Å². The summed E-state index contributed by atoms with van der Waals surface area (Å²) in [5.74, 6) is 1.53. The summed E-state index contributed by atoms with van der Waals surface area (Å²) < 4.78 is 11.1. The number of hydrogen-bond donors (Lipinski definition) is 2. The van der Waals surface area contributed by atoms with Crippen molar-refractivity contribution >= 4 is 33.1 Å². The van der Waals surface area contributed by atoms with E-state index in [1.54, 1.807) is 7.11 Å². The van der Waals surface area contributed by atoms with Crippen LogP contribution in [0.15, 0.2) is 29.0 Å². The Balaban J connectivity index is 2.36. The van der Waals surface area contributed by atoms with Crippen molar-refractivity contribution in [1.29, 1.82) is 0 Å². The average molecular weight is 325 g/mol. The molecule has 0 bridgehead atoms. The molecule has 0 amide bonds. The number of rotatable bonds is 4. The number of anilines is 3. The highest BCUT2D eigenvalue weighted by Gasteiger charge is 2.10. The zero-order valence-corrected chi connectivity index (χ0v) is 12.1. The molecule has 0 unspecified atom stereocenters. The van der Waals surface area contributed by atoms with Crippen LogP contribution in [0, 0.1) is 0 Å². The normalized spacial score (nSPS) is 10.1. The van der Waals surface area contributed by atoms with Gasteiger partial charge in [0.05, 0.1) is 19.9 Å². The van der Waals surface area contributed by atoms with E-state index in [-0.39, 0.29) is 0 Å². The van der Waals surface area contributed by atoms with E-state index in [2.05, 4.69) is 31.2 Å². The second-order valence-corrected chi connectivity index (χ2v) is 4.47. The molecule has 2 aromatic rings. The molecule has 0 aliphatic carbocycles. The van der Waals surface area contributed by atoms with Gasteiger partial charge in [0.2, 0.25) is 5.88 Å². The number of hydrogen-bond acceptors (Lipinski definition) is 6. The molecule has 0 aliphatic heterocycles. The van der Waals surface area contributed by atoms with E-state index >= 15 is 0 Å². The van der Waals surface area contributed by atoms with Gasteiger partial charge in [0.15, 0.2) is 5.82 Å². The fraction of sp³-hybridized carbons (Fsp3) is 0.167. The topological polar surface area (TPSA) is 82.3 Å². The van der Waals surface area contributed by atoms with Crippen molar-refractivity contribution in [2.75, 3.05) is 25.3 Å². The fourth-order valence-electron chi connectivity index (χ4n) is 1.50. The van der Waals surface area contributed by atoms with Crippen LogP contribution in [0.1, 0.15) is 0 Å². The Hall–Kier alpha value is -2.02. The lowest BCUT2D eigenvalue weighted by atomic mass is 10.3. The van der Waals surface area contributed by atoms with Crippen LogP contribution in [0.2, 0.25) is 0 Å². The first-order chi connectivity index (χ1) is 9.15. The summed E-state index contributed by atoms with van der Waals surface area (Å²) in [5.41, 5.74) is 7.03. The maximum absolute atomic E-state index is 5.90. The smallest absolute Gasteiger partial charge is 0.242 e. The van der Waals surface area contributed by atoms with Crippen LogP contribution in [-0.4, -0.2) is 24.2 Å². The third kappa shape index (κ3) is 2.87. The van der Waals surface area contributed by atoms with Gasteiger partial charge in [-0.2, -0.15) is 4.98 Å². The number of halogens is 1. The molecule has 0 saturated heterocycles. The molecule has 0 saturated carbocycles. The molecule has 2 rings (SSSR count). The number of nitrogens with two attached hydrogens (primary N) is 1. The van der Waals surface area contributed by atoms with Gasteiger partial charge < -0.3 is 20.5 Å². The van der Waals surface area contributed by atoms with Gasteiger partial charge in [-0.3, -0.25) is 0 Å². The molecule has 7 heteroatoms. The Bertz CT molecular complexity index is 592. The molecular formula is C12H13BrN4O2. The Kier molecular flexibility index (Phi) is 4.06. The third-order valence-corrected chi connectivity index (χ3v) is 3.16. The highest BCUT2D eigenvalue weighted by molar-refractivity contribution is 9.10. The van der Waals surface area contributed by atoms with Crippen LogP contribution < -0.4 is 20.5 Å². The van der Waals surface area contributed by atoms with Gasteiger partial charge in [-0.05, 0) is 28.1 Å². The number of nitrogens with one attached hydrogen (secondary N) is 1. The SMILES string of the molecule is COc1ccc(Br)c(Nc2ncnc(OC)c2N)c1. The number of nitrogens with zero attached hydrogens (tertiary/aromatic N) is 2. The summed E-state index contributed by atoms with van der Waals surface area (Å²) in [7, 11) is 3.11. The predicted molar refractivity (Wildman–Crippen MR) is 77.0 cm³/mol. The zero-order chi connectivity index (χ0) is 13.8. The lowest BCUT2D eigenvalue weighted by Crippen LogP contribution is -2.03. The van der Waals surface area contributed by atoms with Gasteiger partial charge in [-0.15, -0.1) is 0 Å². The summed E-state index contributed by atoms with van der Waals surface area (Å²) in [6.07, 6.45) is 1.38. The van der Waals surface area contributed by atoms with Crippen LogP contribution in [0.4, 0.5) is 17.2 Å². The van der Waals surface area contributed by atoms with Crippen molar-refractivity contribution in [3.8, 4) is 11.6 Å². The maximum Gasteiger partial charge on any atom is 0.242 e. The molecular weight excluding hydrogens is 312 g/mol. The Labute approximate surface area is 119 Å². The molecule has 1 aromatic heterocycles. The Morgan fingerprint density at radius 2 is 2.00 bits per heavy atom. The first kappa shape index (κ1) is 13.4. The number of aromatic nitrogens is 2. The quantitative estimate of drug-likeness (QED) is 0.899. The minimum atomic E-state index is 0.330. The minimum absolute atomic E-state index is 0.330. The molecule has 1 heterocycles. The van der Waals surface area contributed by atoms with Crippen LogP contribution in [0.3, 0.4) is 0 Å². The molecule has 0 spiro atoms. The summed E-state index contributed by atoms with van der Waals surface area (Å²) >= 11 is 3.44. The standard InChI is InChI=1S/C12H13BrN4O2/c1-18-7-3-4-8(13)9(5-7)17-11-10(14)12(19-2)16-6-15-11/h3-6H,14H2,1-2H3,(H,15,16,17). The average Bonchev–Trinajstić information content (AvgIpc) is 2.43. The van der Waals surface area contributed by atoms with E-state index in [9.17, 15) is 0 Å². The number of ether oxygens (including phenoxy) is 2. The van der Waals surface area contributed by atoms with Gasteiger partial charge >= 0.3 is 0 Å². The van der Waals surface area contributed by atoms with E-state index in [0.717, 1.165) is 15.9 Å². The lowest BCUT2D eigenvalue weighted by molar-refractivity contribution is 0.399. The molecule has 0 fully saturated rings. The summed E-state index contributed by atoms with van der Waals surface area (Å²) in [6.45, 7) is 0. The van der Waals surface area contributed by atoms with Gasteiger partial charge in [-0.1, -0.05) is 0 Å². The Morgan fingerprint density at radius 3 is 2.68 bits per heavy atom. The second kappa shape index (κ2) is 5.75. The predicted octanol–water partition coefficient (Wildman–Crippen LogP) is 2.58. The fourth-order valence-corrected chi connectivity index (χ4v) is 1.84. The van der Waals surface area contributed by atoms with E-state index in [0.29, 0.717) is 17.4 Å². The lowest BCUT2D eigenvalue weighted by Gasteiger charge is -2.12. The molecule has 6 nitrogen and oxygen atoms in total. The second-order valence-electron chi connectivity index (χ2n) is 3.62. The third-order valence-electron chi connectivity index (χ3n) is 2.47. The highest BCUT2D eigenvalue weighted by atomic mass is 79.9. The van der Waals surface area contributed by atoms with Crippen molar-refractivity contribution in [2.24, 2.45) is 0 Å². The maximum atomic E-state index is 5.90. The largest absolute Gasteiger partial charge is 0.497 e. The van der Waals surface area contributed by atoms with Crippen LogP contribution in [0.25, 0.3) is 0 Å². The molecule has 0 aliphatic rings. The van der Waals surface area contributed by atoms with E-state index in [1.807, 2.05) is 18.2 Å². The van der Waals surface area contributed by atoms with Crippen LogP contribution >= 0.6 is 15.9 Å². The van der Waals surface area contributed by atoms with E-state index in [4.69, 9.17) is 15.2 Å². The van der Waals surface area contributed by atoms with Gasteiger partial charge in [0.1, 0.15) is 17.8 Å². The van der Waals surface area contributed by atoms with Crippen LogP contribution in [0.5, 0.6) is 11.6 Å². The van der Waals surface area contributed by atoms with Gasteiger partial charge in [0.25, 0.3) is 0 Å². The van der Waals surface area contributed by atoms with E-state index in [1.165, 1.54) is 13.4 Å². The van der Waals surface area contributed by atoms with Gasteiger partial charge in [-0.25, -0.2) is 4.98 Å². The van der Waals surface area contributed by atoms with Crippen molar-refractivity contribution in [2.45, 2.75) is 0 Å². The first-order valence-electron chi connectivity index (χ1n) is 5.40. The summed E-state index contributed by atoms with van der Waals surface area (Å²) in [5, 5.41) is 3.11. The summed E-state index contributed by atoms with van der Waals surface area (Å²) in [6, 6.07) is 5.55. The van der Waals surface area contributed by atoms with Crippen molar-refractivity contribution in [3.63, 3.8) is 0 Å². The monoisotopic (exact) mass is 324 g/mol. The molecule has 19 heavy (non-hydrogen) atoms. The molecule has 0 atom stereocenters. The molecule has 1 aromatic carbocycles. The number of methoxy groups -OCH3 is 2. The zero-order valence-electron chi connectivity index (χ0n) is 10.5. The Morgan fingerprint density at radius 1 is 1.21 bits per heavy atom. The first-order valence-corrected chi connectivity index (χ1v) is 6.20.